The molecule has 2 unspecified atom stereocenters. The van der Waals surface area contributed by atoms with Gasteiger partial charge in [0.15, 0.2) is 5.78 Å². The smallest absolute Gasteiger partial charge is 0.291 e. The maximum absolute atomic E-state index is 13.2. The molecule has 1 aliphatic rings. The van der Waals surface area contributed by atoms with Gasteiger partial charge in [-0.1, -0.05) is 67.9 Å². The van der Waals surface area contributed by atoms with Crippen LogP contribution in [0.15, 0.2) is 48.5 Å². The van der Waals surface area contributed by atoms with Crippen molar-refractivity contribution in [2.45, 2.75) is 32.7 Å². The van der Waals surface area contributed by atoms with Crippen LogP contribution in [0.25, 0.3) is 0 Å². The molecule has 5 heteroatoms. The van der Waals surface area contributed by atoms with Crippen LogP contribution in [0.1, 0.15) is 52.9 Å². The summed E-state index contributed by atoms with van der Waals surface area (Å²) >= 11 is 0. The van der Waals surface area contributed by atoms with Crippen molar-refractivity contribution in [2.24, 2.45) is 5.92 Å². The van der Waals surface area contributed by atoms with Gasteiger partial charge in [0, 0.05) is 12.1 Å². The Morgan fingerprint density at radius 2 is 1.64 bits per heavy atom. The zero-order valence-electron chi connectivity index (χ0n) is 16.4. The first-order valence-corrected chi connectivity index (χ1v) is 9.51. The van der Waals surface area contributed by atoms with Crippen LogP contribution >= 0.6 is 0 Å². The number of benzene rings is 2. The first-order valence-electron chi connectivity index (χ1n) is 9.51. The van der Waals surface area contributed by atoms with Gasteiger partial charge < -0.3 is 10.0 Å². The Kier molecular flexibility index (Phi) is 5.75. The van der Waals surface area contributed by atoms with E-state index in [0.29, 0.717) is 11.5 Å². The van der Waals surface area contributed by atoms with Crippen molar-refractivity contribution in [3.05, 3.63) is 70.8 Å². The van der Waals surface area contributed by atoms with Gasteiger partial charge in [-0.25, -0.2) is 0 Å². The highest BCUT2D eigenvalue weighted by Gasteiger charge is 2.51. The van der Waals surface area contributed by atoms with Gasteiger partial charge in [-0.15, -0.1) is 0 Å². The first-order chi connectivity index (χ1) is 13.3. The number of aliphatic hydroxyl groups is 1. The Morgan fingerprint density at radius 1 is 1.04 bits per heavy atom. The van der Waals surface area contributed by atoms with E-state index in [1.807, 2.05) is 43.3 Å². The number of rotatable bonds is 6. The maximum atomic E-state index is 13.2. The lowest BCUT2D eigenvalue weighted by Crippen LogP contribution is -2.33. The molecule has 0 spiro atoms. The number of aryl methyl sites for hydroxylation is 1. The van der Waals surface area contributed by atoms with E-state index in [0.717, 1.165) is 16.7 Å². The molecule has 0 aromatic heterocycles. The molecule has 28 heavy (non-hydrogen) atoms. The number of amides is 1. The molecular formula is C23H25NO4. The minimum atomic E-state index is -1.10. The van der Waals surface area contributed by atoms with Gasteiger partial charge in [-0.05, 0) is 24.0 Å². The van der Waals surface area contributed by atoms with Crippen LogP contribution in [0.5, 0.6) is 0 Å². The van der Waals surface area contributed by atoms with Crippen molar-refractivity contribution >= 4 is 17.5 Å². The number of hydrogen-bond acceptors (Lipinski definition) is 4. The van der Waals surface area contributed by atoms with Gasteiger partial charge in [0.05, 0.1) is 12.6 Å². The molecule has 2 aromatic carbocycles. The van der Waals surface area contributed by atoms with Crippen LogP contribution in [0.4, 0.5) is 0 Å². The summed E-state index contributed by atoms with van der Waals surface area (Å²) < 4.78 is 0. The standard InChI is InChI=1S/C23H25NO4/c1-14(2)16-8-10-17(11-9-16)20-19(22(27)23(28)24(20)12-13-25)21(26)18-6-4-15(3)5-7-18/h4-11,14,19-20,25H,12-13H2,1-3H3. The molecule has 1 saturated heterocycles. The molecule has 5 nitrogen and oxygen atoms in total. The highest BCUT2D eigenvalue weighted by molar-refractivity contribution is 6.44. The molecule has 0 saturated carbocycles. The molecule has 0 radical (unpaired) electrons. The maximum Gasteiger partial charge on any atom is 0.291 e. The summed E-state index contributed by atoms with van der Waals surface area (Å²) in [5, 5.41) is 9.39. The van der Waals surface area contributed by atoms with Crippen LogP contribution in [0.3, 0.4) is 0 Å². The molecule has 1 amide bonds. The molecule has 146 valence electrons. The number of Topliss-reactive ketones (excluding diaryl/α,β-unsaturated/α-hetero) is 2. The molecule has 1 aliphatic heterocycles. The second-order valence-corrected chi connectivity index (χ2v) is 7.56. The lowest BCUT2D eigenvalue weighted by molar-refractivity contribution is -0.141. The summed E-state index contributed by atoms with van der Waals surface area (Å²) in [4.78, 5) is 39.8. The number of carbonyl (C=O) groups is 3. The lowest BCUT2D eigenvalue weighted by Gasteiger charge is -2.27. The summed E-state index contributed by atoms with van der Waals surface area (Å²) in [5.74, 6) is -2.54. The Bertz CT molecular complexity index is 884. The third kappa shape index (κ3) is 3.62. The van der Waals surface area contributed by atoms with E-state index < -0.39 is 23.7 Å². The second-order valence-electron chi connectivity index (χ2n) is 7.56. The van der Waals surface area contributed by atoms with Crippen molar-refractivity contribution in [3.8, 4) is 0 Å². The summed E-state index contributed by atoms with van der Waals surface area (Å²) in [5.41, 5.74) is 3.27. The number of nitrogens with zero attached hydrogens (tertiary/aromatic N) is 1. The van der Waals surface area contributed by atoms with Gasteiger partial charge in [0.25, 0.3) is 5.91 Å². The number of aliphatic hydroxyl groups excluding tert-OH is 1. The molecule has 0 aliphatic carbocycles. The predicted molar refractivity (Wildman–Crippen MR) is 106 cm³/mol. The Hall–Kier alpha value is -2.79. The number of β-amino-alcohol motifs (C(OH)–C–C–N with tert-alkyl or cyclic N) is 1. The van der Waals surface area contributed by atoms with Crippen LogP contribution in [0.2, 0.25) is 0 Å². The molecule has 2 atom stereocenters. The second kappa shape index (κ2) is 8.07. The van der Waals surface area contributed by atoms with Crippen LogP contribution < -0.4 is 0 Å². The zero-order valence-corrected chi connectivity index (χ0v) is 16.4. The van der Waals surface area contributed by atoms with Gasteiger partial charge in [-0.3, -0.25) is 14.4 Å². The number of likely N-dealkylation sites (tertiary alicyclic amines) is 1. The van der Waals surface area contributed by atoms with Crippen LogP contribution in [-0.2, 0) is 9.59 Å². The zero-order chi connectivity index (χ0) is 20.4. The number of carbonyl (C=O) groups excluding carboxylic acids is 3. The molecule has 0 bridgehead atoms. The van der Waals surface area contributed by atoms with E-state index in [2.05, 4.69) is 13.8 Å². The predicted octanol–water partition coefficient (Wildman–Crippen LogP) is 3.06. The normalized spacial score (nSPS) is 19.5. The van der Waals surface area contributed by atoms with E-state index in [1.54, 1.807) is 12.1 Å². The number of hydrogen-bond donors (Lipinski definition) is 1. The first kappa shape index (κ1) is 20.0. The summed E-state index contributed by atoms with van der Waals surface area (Å²) in [6.07, 6.45) is 0. The Labute approximate surface area is 165 Å². The van der Waals surface area contributed by atoms with Gasteiger partial charge >= 0.3 is 0 Å². The van der Waals surface area contributed by atoms with Crippen molar-refractivity contribution in [3.63, 3.8) is 0 Å². The molecule has 1 heterocycles. The third-order valence-corrected chi connectivity index (χ3v) is 5.31. The lowest BCUT2D eigenvalue weighted by atomic mass is 9.85. The minimum Gasteiger partial charge on any atom is -0.395 e. The Balaban J connectivity index is 2.04. The van der Waals surface area contributed by atoms with Crippen molar-refractivity contribution in [1.29, 1.82) is 0 Å². The minimum absolute atomic E-state index is 0.0127. The van der Waals surface area contributed by atoms with Crippen molar-refractivity contribution in [2.75, 3.05) is 13.2 Å². The summed E-state index contributed by atoms with van der Waals surface area (Å²) in [6, 6.07) is 13.9. The fourth-order valence-electron chi connectivity index (χ4n) is 3.68. The summed E-state index contributed by atoms with van der Waals surface area (Å²) in [7, 11) is 0. The Morgan fingerprint density at radius 3 is 2.18 bits per heavy atom. The SMILES string of the molecule is Cc1ccc(C(=O)C2C(=O)C(=O)N(CCO)C2c2ccc(C(C)C)cc2)cc1. The molecule has 2 aromatic rings. The van der Waals surface area contributed by atoms with E-state index in [4.69, 9.17) is 0 Å². The average Bonchev–Trinajstić information content (AvgIpc) is 2.93. The summed E-state index contributed by atoms with van der Waals surface area (Å²) in [6.45, 7) is 5.82. The molecular weight excluding hydrogens is 354 g/mol. The third-order valence-electron chi connectivity index (χ3n) is 5.31. The van der Waals surface area contributed by atoms with E-state index in [-0.39, 0.29) is 18.9 Å². The van der Waals surface area contributed by atoms with Gasteiger partial charge in [0.1, 0.15) is 5.92 Å². The molecule has 1 fully saturated rings. The highest BCUT2D eigenvalue weighted by Crippen LogP contribution is 2.38. The monoisotopic (exact) mass is 379 g/mol. The molecule has 1 N–H and O–H groups in total. The van der Waals surface area contributed by atoms with Crippen molar-refractivity contribution in [1.82, 2.24) is 4.90 Å². The van der Waals surface area contributed by atoms with Crippen LogP contribution in [0, 0.1) is 12.8 Å². The van der Waals surface area contributed by atoms with Gasteiger partial charge in [0.2, 0.25) is 5.78 Å². The molecule has 3 rings (SSSR count). The number of ketones is 2. The van der Waals surface area contributed by atoms with Gasteiger partial charge in [-0.2, -0.15) is 0 Å². The fraction of sp³-hybridized carbons (Fsp3) is 0.348. The van der Waals surface area contributed by atoms with Crippen LogP contribution in [-0.4, -0.2) is 40.6 Å². The highest BCUT2D eigenvalue weighted by atomic mass is 16.3. The van der Waals surface area contributed by atoms with Crippen molar-refractivity contribution < 1.29 is 19.5 Å². The van der Waals surface area contributed by atoms with E-state index >= 15 is 0 Å². The van der Waals surface area contributed by atoms with E-state index in [1.165, 1.54) is 4.90 Å². The topological polar surface area (TPSA) is 74.7 Å². The van der Waals surface area contributed by atoms with E-state index in [9.17, 15) is 19.5 Å². The average molecular weight is 379 g/mol. The fourth-order valence-corrected chi connectivity index (χ4v) is 3.68. The largest absolute Gasteiger partial charge is 0.395 e. The quantitative estimate of drug-likeness (QED) is 0.476.